The highest BCUT2D eigenvalue weighted by molar-refractivity contribution is 7.16. The molecule has 1 aliphatic rings. The van der Waals surface area contributed by atoms with E-state index in [0.717, 1.165) is 29.7 Å². The van der Waals surface area contributed by atoms with Crippen LogP contribution >= 0.6 is 57.5 Å². The molecule has 3 rings (SSSR count). The van der Waals surface area contributed by atoms with Crippen LogP contribution in [0.25, 0.3) is 0 Å². The van der Waals surface area contributed by atoms with Crippen molar-refractivity contribution in [1.29, 1.82) is 0 Å². The number of carbonyl (C=O) groups excluding carboxylic acids is 2. The average Bonchev–Trinajstić information content (AvgIpc) is 3.30. The molecular weight excluding hydrogens is 451 g/mol. The van der Waals surface area contributed by atoms with Gasteiger partial charge in [0.25, 0.3) is 5.91 Å². The lowest BCUT2D eigenvalue weighted by atomic mass is 10.1. The highest BCUT2D eigenvalue weighted by atomic mass is 35.6. The SMILES string of the molecule is CCOC(=O)c1c(N[C@H](NC(=O)c2cccs2)C(Cl)(Cl)Cl)sc2c1CCC2. The number of fused-ring (bicyclic) bond motifs is 1. The fourth-order valence-electron chi connectivity index (χ4n) is 2.87. The Hall–Kier alpha value is -0.990. The van der Waals surface area contributed by atoms with Gasteiger partial charge in [-0.15, -0.1) is 22.7 Å². The van der Waals surface area contributed by atoms with Gasteiger partial charge in [-0.25, -0.2) is 4.79 Å². The van der Waals surface area contributed by atoms with Gasteiger partial charge in [0.05, 0.1) is 17.0 Å². The maximum atomic E-state index is 12.5. The number of halogens is 3. The standard InChI is InChI=1S/C17H17Cl3N2O3S2/c1-2-25-15(24)12-9-5-3-6-10(9)27-14(12)22-16(17(18,19)20)21-13(23)11-7-4-8-26-11/h4,7-8,16,22H,2-3,5-6H2,1H3,(H,21,23)/t16-/m0/s1. The van der Waals surface area contributed by atoms with Crippen LogP contribution in [0.1, 0.15) is 43.8 Å². The third kappa shape index (κ3) is 4.71. The monoisotopic (exact) mass is 466 g/mol. The van der Waals surface area contributed by atoms with Crippen LogP contribution in [-0.2, 0) is 17.6 Å². The van der Waals surface area contributed by atoms with E-state index in [4.69, 9.17) is 39.5 Å². The Morgan fingerprint density at radius 3 is 2.74 bits per heavy atom. The molecule has 0 spiro atoms. The summed E-state index contributed by atoms with van der Waals surface area (Å²) in [5.74, 6) is -0.775. The molecule has 0 fully saturated rings. The predicted molar refractivity (Wildman–Crippen MR) is 112 cm³/mol. The van der Waals surface area contributed by atoms with Crippen LogP contribution in [0.2, 0.25) is 0 Å². The van der Waals surface area contributed by atoms with Crippen LogP contribution in [0.5, 0.6) is 0 Å². The van der Waals surface area contributed by atoms with Crippen LogP contribution in [0.15, 0.2) is 17.5 Å². The summed E-state index contributed by atoms with van der Waals surface area (Å²) in [4.78, 5) is 26.5. The molecule has 0 radical (unpaired) electrons. The number of nitrogens with one attached hydrogen (secondary N) is 2. The quantitative estimate of drug-likeness (QED) is 0.356. The predicted octanol–water partition coefficient (Wildman–Crippen LogP) is 5.01. The molecule has 0 saturated carbocycles. The normalized spacial score (nSPS) is 14.5. The van der Waals surface area contributed by atoms with Crippen molar-refractivity contribution in [1.82, 2.24) is 5.32 Å². The topological polar surface area (TPSA) is 67.4 Å². The van der Waals surface area contributed by atoms with Crippen molar-refractivity contribution in [2.45, 2.75) is 36.1 Å². The van der Waals surface area contributed by atoms with Gasteiger partial charge in [-0.1, -0.05) is 40.9 Å². The number of rotatable bonds is 6. The van der Waals surface area contributed by atoms with Gasteiger partial charge in [-0.05, 0) is 43.2 Å². The summed E-state index contributed by atoms with van der Waals surface area (Å²) in [6, 6.07) is 3.44. The van der Waals surface area contributed by atoms with E-state index in [-0.39, 0.29) is 12.5 Å². The number of hydrogen-bond donors (Lipinski definition) is 2. The molecule has 27 heavy (non-hydrogen) atoms. The Morgan fingerprint density at radius 1 is 1.33 bits per heavy atom. The van der Waals surface area contributed by atoms with Crippen molar-refractivity contribution >= 4 is 74.4 Å². The van der Waals surface area contributed by atoms with E-state index in [0.29, 0.717) is 15.4 Å². The number of anilines is 1. The number of thiophene rings is 2. The van der Waals surface area contributed by atoms with Crippen LogP contribution in [0.4, 0.5) is 5.00 Å². The zero-order valence-corrected chi connectivity index (χ0v) is 18.2. The van der Waals surface area contributed by atoms with Crippen molar-refractivity contribution in [2.75, 3.05) is 11.9 Å². The number of ether oxygens (including phenoxy) is 1. The number of carbonyl (C=O) groups is 2. The molecule has 1 aliphatic carbocycles. The molecule has 5 nitrogen and oxygen atoms in total. The van der Waals surface area contributed by atoms with E-state index in [1.807, 2.05) is 0 Å². The number of esters is 1. The highest BCUT2D eigenvalue weighted by Gasteiger charge is 2.37. The number of amides is 1. The van der Waals surface area contributed by atoms with Gasteiger partial charge in [-0.2, -0.15) is 0 Å². The first-order valence-electron chi connectivity index (χ1n) is 8.30. The van der Waals surface area contributed by atoms with E-state index in [2.05, 4.69) is 10.6 Å². The maximum absolute atomic E-state index is 12.5. The van der Waals surface area contributed by atoms with Crippen molar-refractivity contribution in [3.05, 3.63) is 38.4 Å². The lowest BCUT2D eigenvalue weighted by Gasteiger charge is -2.27. The molecule has 146 valence electrons. The van der Waals surface area contributed by atoms with Crippen LogP contribution < -0.4 is 10.6 Å². The first-order valence-corrected chi connectivity index (χ1v) is 11.1. The van der Waals surface area contributed by atoms with Crippen LogP contribution in [0, 0.1) is 0 Å². The second kappa shape index (κ2) is 8.57. The average molecular weight is 468 g/mol. The maximum Gasteiger partial charge on any atom is 0.341 e. The molecule has 0 aromatic carbocycles. The van der Waals surface area contributed by atoms with Gasteiger partial charge >= 0.3 is 5.97 Å². The third-order valence-electron chi connectivity index (χ3n) is 4.02. The minimum absolute atomic E-state index is 0.270. The fraction of sp³-hybridized carbons (Fsp3) is 0.412. The summed E-state index contributed by atoms with van der Waals surface area (Å²) in [7, 11) is 0. The van der Waals surface area contributed by atoms with Gasteiger partial charge in [0.15, 0.2) is 0 Å². The molecular formula is C17H17Cl3N2O3S2. The molecule has 2 heterocycles. The lowest BCUT2D eigenvalue weighted by Crippen LogP contribution is -2.49. The Morgan fingerprint density at radius 2 is 2.11 bits per heavy atom. The Bertz CT molecular complexity index is 831. The third-order valence-corrected chi connectivity index (χ3v) is 6.77. The molecule has 2 aromatic rings. The zero-order valence-electron chi connectivity index (χ0n) is 14.3. The van der Waals surface area contributed by atoms with E-state index in [1.54, 1.807) is 24.4 Å². The van der Waals surface area contributed by atoms with Gasteiger partial charge in [-0.3, -0.25) is 4.79 Å². The summed E-state index contributed by atoms with van der Waals surface area (Å²) in [6.45, 7) is 2.02. The van der Waals surface area contributed by atoms with E-state index in [9.17, 15) is 9.59 Å². The molecule has 1 atom stereocenters. The lowest BCUT2D eigenvalue weighted by molar-refractivity contribution is 0.0527. The molecule has 2 aromatic heterocycles. The summed E-state index contributed by atoms with van der Waals surface area (Å²) >= 11 is 21.0. The minimum atomic E-state index is -1.83. The first kappa shape index (κ1) is 20.7. The van der Waals surface area contributed by atoms with Crippen molar-refractivity contribution in [3.63, 3.8) is 0 Å². The Kier molecular flexibility index (Phi) is 6.58. The highest BCUT2D eigenvalue weighted by Crippen LogP contribution is 2.41. The molecule has 10 heteroatoms. The molecule has 1 amide bonds. The second-order valence-electron chi connectivity index (χ2n) is 5.85. The molecule has 2 N–H and O–H groups in total. The van der Waals surface area contributed by atoms with E-state index in [1.165, 1.54) is 22.7 Å². The summed E-state index contributed by atoms with van der Waals surface area (Å²) in [6.07, 6.45) is 1.68. The first-order chi connectivity index (χ1) is 12.8. The van der Waals surface area contributed by atoms with Gasteiger partial charge in [0.1, 0.15) is 11.2 Å². The molecule has 0 unspecified atom stereocenters. The summed E-state index contributed by atoms with van der Waals surface area (Å²) in [5.41, 5.74) is 1.45. The minimum Gasteiger partial charge on any atom is -0.462 e. The van der Waals surface area contributed by atoms with E-state index < -0.39 is 15.9 Å². The summed E-state index contributed by atoms with van der Waals surface area (Å²) in [5, 5.41) is 8.06. The van der Waals surface area contributed by atoms with Crippen molar-refractivity contribution < 1.29 is 14.3 Å². The summed E-state index contributed by atoms with van der Waals surface area (Å²) < 4.78 is 3.38. The molecule has 0 saturated heterocycles. The van der Waals surface area contributed by atoms with Crippen molar-refractivity contribution in [2.24, 2.45) is 0 Å². The Labute approximate surface area is 179 Å². The Balaban J connectivity index is 1.88. The van der Waals surface area contributed by atoms with E-state index >= 15 is 0 Å². The number of hydrogen-bond acceptors (Lipinski definition) is 6. The molecule has 0 bridgehead atoms. The smallest absolute Gasteiger partial charge is 0.341 e. The largest absolute Gasteiger partial charge is 0.462 e. The van der Waals surface area contributed by atoms with Crippen LogP contribution in [-0.4, -0.2) is 28.4 Å². The van der Waals surface area contributed by atoms with Crippen molar-refractivity contribution in [3.8, 4) is 0 Å². The number of alkyl halides is 3. The number of aryl methyl sites for hydroxylation is 1. The van der Waals surface area contributed by atoms with Crippen LogP contribution in [0.3, 0.4) is 0 Å². The zero-order chi connectivity index (χ0) is 19.6. The molecule has 0 aliphatic heterocycles. The van der Waals surface area contributed by atoms with Gasteiger partial charge < -0.3 is 15.4 Å². The van der Waals surface area contributed by atoms with Gasteiger partial charge in [0, 0.05) is 4.88 Å². The van der Waals surface area contributed by atoms with Gasteiger partial charge in [0.2, 0.25) is 3.79 Å². The fourth-order valence-corrected chi connectivity index (χ4v) is 5.13. The second-order valence-corrected chi connectivity index (χ2v) is 10.3.